The van der Waals surface area contributed by atoms with Crippen LogP contribution in [0.4, 0.5) is 11.4 Å². The van der Waals surface area contributed by atoms with Gasteiger partial charge in [0.1, 0.15) is 11.5 Å². The third kappa shape index (κ3) is 3.18. The van der Waals surface area contributed by atoms with Gasteiger partial charge in [-0.05, 0) is 50.2 Å². The minimum Gasteiger partial charge on any atom is -0.497 e. The number of aryl methyl sites for hydroxylation is 1. The number of hydrogen-bond donors (Lipinski definition) is 1. The van der Waals surface area contributed by atoms with Gasteiger partial charge in [0, 0.05) is 17.3 Å². The molecule has 0 spiro atoms. The number of ether oxygens (including phenoxy) is 2. The Morgan fingerprint density at radius 3 is 2.61 bits per heavy atom. The molecule has 0 bridgehead atoms. The molecule has 0 fully saturated rings. The van der Waals surface area contributed by atoms with Crippen LogP contribution in [0.5, 0.6) is 11.5 Å². The summed E-state index contributed by atoms with van der Waals surface area (Å²) in [6.45, 7) is 4.49. The summed E-state index contributed by atoms with van der Waals surface area (Å²) in [4.78, 5) is 8.87. The number of hydrogen-bond acceptors (Lipinski definition) is 5. The van der Waals surface area contributed by atoms with E-state index in [4.69, 9.17) is 9.47 Å². The normalized spacial score (nSPS) is 10.6. The van der Waals surface area contributed by atoms with Crippen molar-refractivity contribution in [3.63, 3.8) is 0 Å². The molecule has 1 N–H and O–H groups in total. The summed E-state index contributed by atoms with van der Waals surface area (Å²) >= 11 is 0. The summed E-state index contributed by atoms with van der Waals surface area (Å²) in [7, 11) is 1.65. The van der Waals surface area contributed by atoms with Crippen molar-refractivity contribution in [1.82, 2.24) is 9.97 Å². The average molecular weight is 309 g/mol. The van der Waals surface area contributed by atoms with Crippen LogP contribution >= 0.6 is 0 Å². The van der Waals surface area contributed by atoms with Crippen molar-refractivity contribution in [1.29, 1.82) is 0 Å². The maximum Gasteiger partial charge on any atom is 0.161 e. The molecule has 1 aromatic carbocycles. The van der Waals surface area contributed by atoms with E-state index in [2.05, 4.69) is 15.3 Å². The van der Waals surface area contributed by atoms with Gasteiger partial charge < -0.3 is 14.8 Å². The Balaban J connectivity index is 2.00. The van der Waals surface area contributed by atoms with Crippen LogP contribution in [0, 0.1) is 6.92 Å². The van der Waals surface area contributed by atoms with Crippen molar-refractivity contribution in [2.45, 2.75) is 13.8 Å². The highest BCUT2D eigenvalue weighted by Crippen LogP contribution is 2.29. The number of benzene rings is 1. The van der Waals surface area contributed by atoms with E-state index < -0.39 is 0 Å². The Morgan fingerprint density at radius 1 is 1.13 bits per heavy atom. The number of anilines is 2. The highest BCUT2D eigenvalue weighted by atomic mass is 16.5. The lowest BCUT2D eigenvalue weighted by Gasteiger charge is -2.12. The first-order valence-corrected chi connectivity index (χ1v) is 7.51. The van der Waals surface area contributed by atoms with E-state index in [0.29, 0.717) is 12.3 Å². The molecule has 0 saturated heterocycles. The molecule has 118 valence electrons. The van der Waals surface area contributed by atoms with Gasteiger partial charge in [0.05, 0.1) is 25.1 Å². The van der Waals surface area contributed by atoms with E-state index in [0.717, 1.165) is 34.0 Å². The molecule has 0 aliphatic heterocycles. The Morgan fingerprint density at radius 2 is 1.91 bits per heavy atom. The van der Waals surface area contributed by atoms with Crippen molar-refractivity contribution < 1.29 is 9.47 Å². The first kappa shape index (κ1) is 15.1. The third-order valence-electron chi connectivity index (χ3n) is 3.54. The Kier molecular flexibility index (Phi) is 4.28. The number of pyridine rings is 2. The van der Waals surface area contributed by atoms with Crippen molar-refractivity contribution in [3.05, 3.63) is 48.3 Å². The van der Waals surface area contributed by atoms with Gasteiger partial charge >= 0.3 is 0 Å². The van der Waals surface area contributed by atoms with Gasteiger partial charge in [-0.25, -0.2) is 9.97 Å². The van der Waals surface area contributed by atoms with Crippen LogP contribution in [-0.4, -0.2) is 23.7 Å². The molecule has 23 heavy (non-hydrogen) atoms. The van der Waals surface area contributed by atoms with E-state index in [1.165, 1.54) is 0 Å². The fraction of sp³-hybridized carbons (Fsp3) is 0.222. The van der Waals surface area contributed by atoms with Gasteiger partial charge in [0.15, 0.2) is 5.65 Å². The minimum absolute atomic E-state index is 0.607. The highest BCUT2D eigenvalue weighted by Gasteiger charge is 2.09. The lowest BCUT2D eigenvalue weighted by Crippen LogP contribution is -1.99. The zero-order valence-corrected chi connectivity index (χ0v) is 13.5. The van der Waals surface area contributed by atoms with Crippen molar-refractivity contribution in [3.8, 4) is 11.5 Å². The maximum absolute atomic E-state index is 5.65. The highest BCUT2D eigenvalue weighted by molar-refractivity contribution is 5.91. The zero-order chi connectivity index (χ0) is 16.2. The van der Waals surface area contributed by atoms with Crippen LogP contribution in [0.25, 0.3) is 11.0 Å². The van der Waals surface area contributed by atoms with Crippen LogP contribution < -0.4 is 14.8 Å². The lowest BCUT2D eigenvalue weighted by atomic mass is 10.2. The average Bonchev–Trinajstić information content (AvgIpc) is 2.57. The number of methoxy groups -OCH3 is 1. The second-order valence-electron chi connectivity index (χ2n) is 5.09. The topological polar surface area (TPSA) is 56.3 Å². The first-order chi connectivity index (χ1) is 11.2. The summed E-state index contributed by atoms with van der Waals surface area (Å²) in [6.07, 6.45) is 1.75. The molecule has 0 amide bonds. The van der Waals surface area contributed by atoms with E-state index in [9.17, 15) is 0 Å². The largest absolute Gasteiger partial charge is 0.497 e. The summed E-state index contributed by atoms with van der Waals surface area (Å²) < 4.78 is 10.8. The molecule has 2 heterocycles. The van der Waals surface area contributed by atoms with E-state index in [-0.39, 0.29) is 0 Å². The van der Waals surface area contributed by atoms with Gasteiger partial charge in [-0.15, -0.1) is 0 Å². The SMILES string of the molecule is CCOc1cc2c(Nc3ccc(OC)cc3)ccnc2nc1C. The molecule has 5 nitrogen and oxygen atoms in total. The van der Waals surface area contributed by atoms with E-state index in [1.807, 2.05) is 50.2 Å². The standard InChI is InChI=1S/C18H19N3O2/c1-4-23-17-11-15-16(9-10-19-18(15)20-12(17)2)21-13-5-7-14(22-3)8-6-13/h5-11H,4H2,1-3H3,(H,19,20,21). The van der Waals surface area contributed by atoms with Gasteiger partial charge in [-0.2, -0.15) is 0 Å². The fourth-order valence-electron chi connectivity index (χ4n) is 2.38. The van der Waals surface area contributed by atoms with Crippen LogP contribution in [0.1, 0.15) is 12.6 Å². The number of fused-ring (bicyclic) bond motifs is 1. The lowest BCUT2D eigenvalue weighted by molar-refractivity contribution is 0.337. The molecular weight excluding hydrogens is 290 g/mol. The number of nitrogens with one attached hydrogen (secondary N) is 1. The zero-order valence-electron chi connectivity index (χ0n) is 13.5. The van der Waals surface area contributed by atoms with Crippen LogP contribution in [0.3, 0.4) is 0 Å². The third-order valence-corrected chi connectivity index (χ3v) is 3.54. The first-order valence-electron chi connectivity index (χ1n) is 7.51. The molecular formula is C18H19N3O2. The Labute approximate surface area is 135 Å². The van der Waals surface area contributed by atoms with Crippen molar-refractivity contribution in [2.24, 2.45) is 0 Å². The molecule has 3 rings (SSSR count). The van der Waals surface area contributed by atoms with Gasteiger partial charge in [0.2, 0.25) is 0 Å². The van der Waals surface area contributed by atoms with Crippen LogP contribution in [0.15, 0.2) is 42.6 Å². The van der Waals surface area contributed by atoms with E-state index in [1.54, 1.807) is 13.3 Å². The molecule has 0 aliphatic carbocycles. The molecule has 0 atom stereocenters. The van der Waals surface area contributed by atoms with Gasteiger partial charge in [-0.3, -0.25) is 0 Å². The fourth-order valence-corrected chi connectivity index (χ4v) is 2.38. The summed E-state index contributed by atoms with van der Waals surface area (Å²) in [6, 6.07) is 11.7. The Bertz CT molecular complexity index is 816. The second kappa shape index (κ2) is 6.52. The summed E-state index contributed by atoms with van der Waals surface area (Å²) in [5.74, 6) is 1.61. The number of aromatic nitrogens is 2. The predicted molar refractivity (Wildman–Crippen MR) is 91.7 cm³/mol. The van der Waals surface area contributed by atoms with Crippen molar-refractivity contribution >= 4 is 22.4 Å². The summed E-state index contributed by atoms with van der Waals surface area (Å²) in [5, 5.41) is 4.32. The maximum atomic E-state index is 5.65. The monoisotopic (exact) mass is 309 g/mol. The Hall–Kier alpha value is -2.82. The van der Waals surface area contributed by atoms with Gasteiger partial charge in [0.25, 0.3) is 0 Å². The van der Waals surface area contributed by atoms with Gasteiger partial charge in [-0.1, -0.05) is 0 Å². The van der Waals surface area contributed by atoms with Crippen LogP contribution in [0.2, 0.25) is 0 Å². The smallest absolute Gasteiger partial charge is 0.161 e. The molecule has 2 aromatic heterocycles. The minimum atomic E-state index is 0.607. The summed E-state index contributed by atoms with van der Waals surface area (Å²) in [5.41, 5.74) is 3.45. The molecule has 0 unspecified atom stereocenters. The quantitative estimate of drug-likeness (QED) is 0.769. The van der Waals surface area contributed by atoms with Crippen molar-refractivity contribution in [2.75, 3.05) is 19.0 Å². The predicted octanol–water partition coefficient (Wildman–Crippen LogP) is 4.09. The molecule has 0 saturated carbocycles. The molecule has 3 aromatic rings. The second-order valence-corrected chi connectivity index (χ2v) is 5.09. The molecule has 0 radical (unpaired) electrons. The van der Waals surface area contributed by atoms with E-state index >= 15 is 0 Å². The number of rotatable bonds is 5. The van der Waals surface area contributed by atoms with Crippen LogP contribution in [-0.2, 0) is 0 Å². The molecule has 5 heteroatoms. The molecule has 0 aliphatic rings. The number of nitrogens with zero attached hydrogens (tertiary/aromatic N) is 2.